The molecule has 0 amide bonds. The monoisotopic (exact) mass is 333 g/mol. The minimum absolute atomic E-state index is 0.348. The van der Waals surface area contributed by atoms with Crippen molar-refractivity contribution < 1.29 is 4.74 Å². The average Bonchev–Trinajstić information content (AvgIpc) is 2.44. The largest absolute Gasteiger partial charge is 0.457 e. The first-order chi connectivity index (χ1) is 9.51. The Bertz CT molecular complexity index is 569. The number of hydrogen-bond donors (Lipinski definition) is 1. The molecule has 2 aromatic carbocycles. The van der Waals surface area contributed by atoms with Crippen LogP contribution < -0.4 is 10.1 Å². The predicted octanol–water partition coefficient (Wildman–Crippen LogP) is 5.14. The molecule has 0 radical (unpaired) electrons. The van der Waals surface area contributed by atoms with E-state index in [9.17, 15) is 0 Å². The number of rotatable bonds is 4. The van der Waals surface area contributed by atoms with Gasteiger partial charge >= 0.3 is 0 Å². The smallest absolute Gasteiger partial charge is 0.128 e. The highest BCUT2D eigenvalue weighted by Gasteiger charge is 2.06. The van der Waals surface area contributed by atoms with E-state index in [2.05, 4.69) is 54.2 Å². The number of nitrogens with one attached hydrogen (secondary N) is 1. The first-order valence-electron chi connectivity index (χ1n) is 6.73. The predicted molar refractivity (Wildman–Crippen MR) is 87.6 cm³/mol. The summed E-state index contributed by atoms with van der Waals surface area (Å²) in [5.41, 5.74) is 3.61. The normalized spacial score (nSPS) is 12.2. The molecule has 2 rings (SSSR count). The topological polar surface area (TPSA) is 21.3 Å². The Morgan fingerprint density at radius 2 is 1.55 bits per heavy atom. The Morgan fingerprint density at radius 1 is 1.00 bits per heavy atom. The summed E-state index contributed by atoms with van der Waals surface area (Å²) < 4.78 is 7.06. The van der Waals surface area contributed by atoms with Crippen molar-refractivity contribution in [3.05, 3.63) is 57.6 Å². The van der Waals surface area contributed by atoms with Crippen LogP contribution in [-0.2, 0) is 0 Å². The summed E-state index contributed by atoms with van der Waals surface area (Å²) in [5, 5.41) is 3.23. The van der Waals surface area contributed by atoms with E-state index in [-0.39, 0.29) is 0 Å². The molecule has 1 unspecified atom stereocenters. The summed E-state index contributed by atoms with van der Waals surface area (Å²) in [7, 11) is 1.96. The van der Waals surface area contributed by atoms with E-state index in [1.807, 2.05) is 31.3 Å². The molecule has 0 aliphatic heterocycles. The Hall–Kier alpha value is -1.32. The van der Waals surface area contributed by atoms with Crippen LogP contribution in [0.2, 0.25) is 0 Å². The molecule has 0 aromatic heterocycles. The van der Waals surface area contributed by atoms with Gasteiger partial charge in [0, 0.05) is 10.5 Å². The maximum atomic E-state index is 5.92. The summed E-state index contributed by atoms with van der Waals surface area (Å²) in [4.78, 5) is 0. The van der Waals surface area contributed by atoms with E-state index in [1.54, 1.807) is 0 Å². The maximum absolute atomic E-state index is 5.92. The van der Waals surface area contributed by atoms with Gasteiger partial charge in [-0.1, -0.05) is 28.1 Å². The molecule has 3 heteroatoms. The Labute approximate surface area is 129 Å². The maximum Gasteiger partial charge on any atom is 0.128 e. The van der Waals surface area contributed by atoms with Gasteiger partial charge in [-0.2, -0.15) is 0 Å². The van der Waals surface area contributed by atoms with Crippen LogP contribution in [0.5, 0.6) is 11.5 Å². The highest BCUT2D eigenvalue weighted by Crippen LogP contribution is 2.29. The van der Waals surface area contributed by atoms with Crippen molar-refractivity contribution in [3.8, 4) is 11.5 Å². The number of ether oxygens (including phenoxy) is 1. The molecule has 0 spiro atoms. The molecule has 0 aliphatic rings. The molecule has 2 nitrogen and oxygen atoms in total. The minimum atomic E-state index is 0.348. The van der Waals surface area contributed by atoms with Crippen molar-refractivity contribution in [1.29, 1.82) is 0 Å². The number of hydrogen-bond acceptors (Lipinski definition) is 2. The van der Waals surface area contributed by atoms with Crippen LogP contribution in [0.4, 0.5) is 0 Å². The van der Waals surface area contributed by atoms with Crippen LogP contribution in [0.3, 0.4) is 0 Å². The molecule has 0 fully saturated rings. The molecule has 0 aliphatic carbocycles. The standard InChI is InChI=1S/C17H20BrNO/c1-11-9-16(10-12(2)17(11)18)20-15-7-5-14(6-8-15)13(3)19-4/h5-10,13,19H,1-4H3. The highest BCUT2D eigenvalue weighted by molar-refractivity contribution is 9.10. The van der Waals surface area contributed by atoms with Crippen LogP contribution in [0.1, 0.15) is 29.7 Å². The summed E-state index contributed by atoms with van der Waals surface area (Å²) in [6, 6.07) is 12.6. The van der Waals surface area contributed by atoms with E-state index in [0.29, 0.717) is 6.04 Å². The Balaban J connectivity index is 2.18. The third-order valence-electron chi connectivity index (χ3n) is 3.46. The second-order valence-electron chi connectivity index (χ2n) is 5.05. The number of benzene rings is 2. The van der Waals surface area contributed by atoms with Gasteiger partial charge < -0.3 is 10.1 Å². The lowest BCUT2D eigenvalue weighted by Crippen LogP contribution is -2.11. The molecule has 1 atom stereocenters. The van der Waals surface area contributed by atoms with Crippen molar-refractivity contribution in [2.45, 2.75) is 26.8 Å². The molecule has 0 saturated carbocycles. The molecule has 0 saturated heterocycles. The average molecular weight is 334 g/mol. The quantitative estimate of drug-likeness (QED) is 0.836. The zero-order valence-electron chi connectivity index (χ0n) is 12.3. The van der Waals surface area contributed by atoms with Crippen molar-refractivity contribution >= 4 is 15.9 Å². The first kappa shape index (κ1) is 15.1. The summed E-state index contributed by atoms with van der Waals surface area (Å²) in [5.74, 6) is 1.73. The second kappa shape index (κ2) is 6.42. The molecule has 20 heavy (non-hydrogen) atoms. The van der Waals surface area contributed by atoms with Crippen LogP contribution in [0.15, 0.2) is 40.9 Å². The van der Waals surface area contributed by atoms with E-state index >= 15 is 0 Å². The van der Waals surface area contributed by atoms with Crippen molar-refractivity contribution in [2.24, 2.45) is 0 Å². The highest BCUT2D eigenvalue weighted by atomic mass is 79.9. The summed E-state index contributed by atoms with van der Waals surface area (Å²) in [6.45, 7) is 6.28. The first-order valence-corrected chi connectivity index (χ1v) is 7.52. The molecular formula is C17H20BrNO. The number of halogens is 1. The fourth-order valence-electron chi connectivity index (χ4n) is 2.09. The van der Waals surface area contributed by atoms with E-state index in [4.69, 9.17) is 4.74 Å². The van der Waals surface area contributed by atoms with Gasteiger partial charge in [0.15, 0.2) is 0 Å². The van der Waals surface area contributed by atoms with E-state index in [1.165, 1.54) is 16.7 Å². The SMILES string of the molecule is CNC(C)c1ccc(Oc2cc(C)c(Br)c(C)c2)cc1. The molecule has 0 heterocycles. The van der Waals surface area contributed by atoms with Gasteiger partial charge in [-0.05, 0) is 68.8 Å². The molecule has 106 valence electrons. The van der Waals surface area contributed by atoms with Gasteiger partial charge in [0.2, 0.25) is 0 Å². The number of aryl methyl sites for hydroxylation is 2. The lowest BCUT2D eigenvalue weighted by molar-refractivity contribution is 0.481. The van der Waals surface area contributed by atoms with Gasteiger partial charge in [0.25, 0.3) is 0 Å². The molecular weight excluding hydrogens is 314 g/mol. The van der Waals surface area contributed by atoms with Gasteiger partial charge in [-0.15, -0.1) is 0 Å². The third kappa shape index (κ3) is 3.41. The van der Waals surface area contributed by atoms with Crippen LogP contribution in [-0.4, -0.2) is 7.05 Å². The lowest BCUT2D eigenvalue weighted by Gasteiger charge is -2.13. The minimum Gasteiger partial charge on any atom is -0.457 e. The van der Waals surface area contributed by atoms with Crippen LogP contribution in [0, 0.1) is 13.8 Å². The lowest BCUT2D eigenvalue weighted by atomic mass is 10.1. The van der Waals surface area contributed by atoms with Gasteiger partial charge in [-0.3, -0.25) is 0 Å². The van der Waals surface area contributed by atoms with Gasteiger partial charge in [0.05, 0.1) is 0 Å². The van der Waals surface area contributed by atoms with Crippen LogP contribution in [0.25, 0.3) is 0 Å². The molecule has 2 aromatic rings. The second-order valence-corrected chi connectivity index (χ2v) is 5.85. The van der Waals surface area contributed by atoms with Gasteiger partial charge in [0.1, 0.15) is 11.5 Å². The van der Waals surface area contributed by atoms with Crippen molar-refractivity contribution in [2.75, 3.05) is 7.05 Å². The van der Waals surface area contributed by atoms with Gasteiger partial charge in [-0.25, -0.2) is 0 Å². The van der Waals surface area contributed by atoms with E-state index < -0.39 is 0 Å². The van der Waals surface area contributed by atoms with E-state index in [0.717, 1.165) is 16.0 Å². The fourth-order valence-corrected chi connectivity index (χ4v) is 2.32. The Morgan fingerprint density at radius 3 is 2.05 bits per heavy atom. The van der Waals surface area contributed by atoms with Crippen LogP contribution >= 0.6 is 15.9 Å². The fraction of sp³-hybridized carbons (Fsp3) is 0.294. The van der Waals surface area contributed by atoms with Crippen molar-refractivity contribution in [3.63, 3.8) is 0 Å². The van der Waals surface area contributed by atoms with Crippen molar-refractivity contribution in [1.82, 2.24) is 5.32 Å². The zero-order chi connectivity index (χ0) is 14.7. The Kier molecular flexibility index (Phi) is 4.84. The summed E-state index contributed by atoms with van der Waals surface area (Å²) >= 11 is 3.57. The molecule has 1 N–H and O–H groups in total. The summed E-state index contributed by atoms with van der Waals surface area (Å²) in [6.07, 6.45) is 0. The zero-order valence-corrected chi connectivity index (χ0v) is 13.9. The third-order valence-corrected chi connectivity index (χ3v) is 4.71. The molecule has 0 bridgehead atoms.